The highest BCUT2D eigenvalue weighted by molar-refractivity contribution is 9.10. The zero-order valence-electron chi connectivity index (χ0n) is 7.61. The quantitative estimate of drug-likeness (QED) is 0.901. The lowest BCUT2D eigenvalue weighted by atomic mass is 10.2. The van der Waals surface area contributed by atoms with Gasteiger partial charge in [-0.1, -0.05) is 0 Å². The smallest absolute Gasteiger partial charge is 0.169 e. The van der Waals surface area contributed by atoms with Crippen LogP contribution in [0.4, 0.5) is 0 Å². The van der Waals surface area contributed by atoms with E-state index in [9.17, 15) is 5.11 Å². The molecular formula is C10H8Br2O2S. The molecule has 2 aromatic rings. The molecule has 2 heterocycles. The van der Waals surface area contributed by atoms with Gasteiger partial charge in [0.2, 0.25) is 0 Å². The van der Waals surface area contributed by atoms with Gasteiger partial charge in [0, 0.05) is 15.8 Å². The summed E-state index contributed by atoms with van der Waals surface area (Å²) in [5.74, 6) is 0.585. The van der Waals surface area contributed by atoms with Crippen molar-refractivity contribution in [1.29, 1.82) is 0 Å². The summed E-state index contributed by atoms with van der Waals surface area (Å²) in [4.78, 5) is 1.12. The van der Waals surface area contributed by atoms with Crippen LogP contribution in [0.15, 0.2) is 37.1 Å². The van der Waals surface area contributed by atoms with Gasteiger partial charge in [-0.2, -0.15) is 0 Å². The first-order chi connectivity index (χ1) is 7.16. The average molecular weight is 352 g/mol. The summed E-state index contributed by atoms with van der Waals surface area (Å²) in [6, 6.07) is 5.53. The maximum Gasteiger partial charge on any atom is 0.169 e. The molecule has 5 heteroatoms. The van der Waals surface area contributed by atoms with Gasteiger partial charge in [-0.3, -0.25) is 0 Å². The Kier molecular flexibility index (Phi) is 3.66. The van der Waals surface area contributed by atoms with Crippen molar-refractivity contribution in [1.82, 2.24) is 0 Å². The Morgan fingerprint density at radius 3 is 2.67 bits per heavy atom. The Morgan fingerprint density at radius 1 is 1.33 bits per heavy atom. The number of thiophene rings is 1. The van der Waals surface area contributed by atoms with Crippen molar-refractivity contribution in [3.05, 3.63) is 43.4 Å². The Hall–Kier alpha value is -0.100. The van der Waals surface area contributed by atoms with Crippen LogP contribution in [0.1, 0.15) is 16.7 Å². The second-order valence-electron chi connectivity index (χ2n) is 3.05. The third kappa shape index (κ3) is 2.72. The molecule has 1 N–H and O–H groups in total. The minimum absolute atomic E-state index is 0.568. The van der Waals surface area contributed by atoms with Crippen molar-refractivity contribution in [3.8, 4) is 0 Å². The summed E-state index contributed by atoms with van der Waals surface area (Å²) in [6.07, 6.45) is -0.0238. The molecular weight excluding hydrogens is 344 g/mol. The maximum atomic E-state index is 9.90. The van der Waals surface area contributed by atoms with E-state index in [1.165, 1.54) is 0 Å². The van der Waals surface area contributed by atoms with E-state index in [-0.39, 0.29) is 0 Å². The largest absolute Gasteiger partial charge is 0.452 e. The SMILES string of the molecule is OC(Cc1sccc1Br)c1ccc(Br)o1. The predicted molar refractivity (Wildman–Crippen MR) is 67.1 cm³/mol. The lowest BCUT2D eigenvalue weighted by Crippen LogP contribution is -1.98. The standard InChI is InChI=1S/C10H8Br2O2S/c11-6-3-4-15-9(6)5-7(13)8-1-2-10(12)14-8/h1-4,7,13H,5H2. The van der Waals surface area contributed by atoms with Gasteiger partial charge >= 0.3 is 0 Å². The van der Waals surface area contributed by atoms with Crippen LogP contribution in [0.3, 0.4) is 0 Å². The molecule has 2 aromatic heterocycles. The van der Waals surface area contributed by atoms with Crippen LogP contribution in [-0.2, 0) is 6.42 Å². The number of halogens is 2. The highest BCUT2D eigenvalue weighted by Gasteiger charge is 2.14. The van der Waals surface area contributed by atoms with Crippen LogP contribution >= 0.6 is 43.2 Å². The third-order valence-corrected chi connectivity index (χ3v) is 4.37. The van der Waals surface area contributed by atoms with Crippen molar-refractivity contribution < 1.29 is 9.52 Å². The molecule has 0 radical (unpaired) electrons. The molecule has 0 saturated carbocycles. The zero-order chi connectivity index (χ0) is 10.8. The van der Waals surface area contributed by atoms with Crippen LogP contribution in [0.2, 0.25) is 0 Å². The van der Waals surface area contributed by atoms with Crippen LogP contribution in [0.5, 0.6) is 0 Å². The minimum Gasteiger partial charge on any atom is -0.452 e. The van der Waals surface area contributed by atoms with Crippen molar-refractivity contribution in [2.75, 3.05) is 0 Å². The first-order valence-electron chi connectivity index (χ1n) is 4.32. The van der Waals surface area contributed by atoms with Crippen LogP contribution < -0.4 is 0 Å². The lowest BCUT2D eigenvalue weighted by Gasteiger charge is -2.06. The average Bonchev–Trinajstić information content (AvgIpc) is 2.77. The van der Waals surface area contributed by atoms with E-state index >= 15 is 0 Å². The molecule has 80 valence electrons. The summed E-state index contributed by atoms with van der Waals surface area (Å²) in [5.41, 5.74) is 0. The Balaban J connectivity index is 2.10. The molecule has 0 saturated heterocycles. The minimum atomic E-state index is -0.591. The fraction of sp³-hybridized carbons (Fsp3) is 0.200. The summed E-state index contributed by atoms with van der Waals surface area (Å²) in [6.45, 7) is 0. The number of hydrogen-bond acceptors (Lipinski definition) is 3. The highest BCUT2D eigenvalue weighted by Crippen LogP contribution is 2.29. The first kappa shape index (κ1) is 11.4. The van der Waals surface area contributed by atoms with Gasteiger partial charge in [-0.05, 0) is 55.4 Å². The van der Waals surface area contributed by atoms with Gasteiger partial charge in [0.1, 0.15) is 11.9 Å². The number of furan rings is 1. The Morgan fingerprint density at radius 2 is 2.13 bits per heavy atom. The van der Waals surface area contributed by atoms with Gasteiger partial charge in [-0.15, -0.1) is 11.3 Å². The van der Waals surface area contributed by atoms with Crippen LogP contribution in [-0.4, -0.2) is 5.11 Å². The van der Waals surface area contributed by atoms with Gasteiger partial charge in [0.25, 0.3) is 0 Å². The number of aliphatic hydroxyl groups excluding tert-OH is 1. The van der Waals surface area contributed by atoms with Crippen molar-refractivity contribution >= 4 is 43.2 Å². The fourth-order valence-electron chi connectivity index (χ4n) is 1.25. The Labute approximate surface area is 108 Å². The van der Waals surface area contributed by atoms with Gasteiger partial charge in [0.05, 0.1) is 0 Å². The van der Waals surface area contributed by atoms with Gasteiger partial charge in [-0.25, -0.2) is 0 Å². The van der Waals surface area contributed by atoms with E-state index in [2.05, 4.69) is 31.9 Å². The summed E-state index contributed by atoms with van der Waals surface area (Å²) in [7, 11) is 0. The van der Waals surface area contributed by atoms with E-state index in [4.69, 9.17) is 4.42 Å². The van der Waals surface area contributed by atoms with Crippen LogP contribution in [0.25, 0.3) is 0 Å². The summed E-state index contributed by atoms with van der Waals surface area (Å²) < 4.78 is 6.97. The predicted octanol–water partition coefficient (Wildman–Crippen LogP) is 4.14. The number of rotatable bonds is 3. The molecule has 0 fully saturated rings. The molecule has 2 nitrogen and oxygen atoms in total. The molecule has 0 aliphatic carbocycles. The summed E-state index contributed by atoms with van der Waals surface area (Å²) >= 11 is 8.26. The third-order valence-electron chi connectivity index (χ3n) is 1.99. The van der Waals surface area contributed by atoms with Crippen molar-refractivity contribution in [3.63, 3.8) is 0 Å². The number of hydrogen-bond donors (Lipinski definition) is 1. The van der Waals surface area contributed by atoms with Crippen LogP contribution in [0, 0.1) is 0 Å². The molecule has 0 bridgehead atoms. The van der Waals surface area contributed by atoms with Crippen molar-refractivity contribution in [2.45, 2.75) is 12.5 Å². The van der Waals surface area contributed by atoms with Gasteiger partial charge in [0.15, 0.2) is 4.67 Å². The Bertz CT molecular complexity index is 450. The second-order valence-corrected chi connectivity index (χ2v) is 5.69. The fourth-order valence-corrected chi connectivity index (χ4v) is 3.13. The lowest BCUT2D eigenvalue weighted by molar-refractivity contribution is 0.149. The topological polar surface area (TPSA) is 33.4 Å². The van der Waals surface area contributed by atoms with E-state index < -0.39 is 6.10 Å². The van der Waals surface area contributed by atoms with E-state index in [1.54, 1.807) is 23.5 Å². The molecule has 0 aliphatic heterocycles. The second kappa shape index (κ2) is 4.82. The highest BCUT2D eigenvalue weighted by atomic mass is 79.9. The molecule has 2 rings (SSSR count). The van der Waals surface area contributed by atoms with E-state index in [0.29, 0.717) is 16.9 Å². The molecule has 15 heavy (non-hydrogen) atoms. The number of aliphatic hydroxyl groups is 1. The summed E-state index contributed by atoms with van der Waals surface area (Å²) in [5, 5.41) is 11.9. The molecule has 0 aliphatic rings. The molecule has 0 spiro atoms. The molecule has 1 atom stereocenters. The normalized spacial score (nSPS) is 13.0. The molecule has 0 aromatic carbocycles. The first-order valence-corrected chi connectivity index (χ1v) is 6.78. The van der Waals surface area contributed by atoms with E-state index in [1.807, 2.05) is 11.4 Å². The maximum absolute atomic E-state index is 9.90. The molecule has 0 amide bonds. The monoisotopic (exact) mass is 350 g/mol. The van der Waals surface area contributed by atoms with Crippen molar-refractivity contribution in [2.24, 2.45) is 0 Å². The van der Waals surface area contributed by atoms with Gasteiger partial charge < -0.3 is 9.52 Å². The zero-order valence-corrected chi connectivity index (χ0v) is 11.6. The molecule has 1 unspecified atom stereocenters. The van der Waals surface area contributed by atoms with E-state index in [0.717, 1.165) is 9.35 Å².